The number of nitrogens with one attached hydrogen (secondary N) is 1. The molecule has 0 unspecified atom stereocenters. The van der Waals surface area contributed by atoms with Gasteiger partial charge in [-0.2, -0.15) is 0 Å². The molecule has 0 aromatic carbocycles. The van der Waals surface area contributed by atoms with Crippen molar-refractivity contribution in [2.45, 2.75) is 6.54 Å². The molecule has 13 heavy (non-hydrogen) atoms. The van der Waals surface area contributed by atoms with Gasteiger partial charge in [0.1, 0.15) is 0 Å². The van der Waals surface area contributed by atoms with E-state index in [2.05, 4.69) is 15.2 Å². The van der Waals surface area contributed by atoms with E-state index in [-0.39, 0.29) is 0 Å². The van der Waals surface area contributed by atoms with Gasteiger partial charge in [-0.05, 0) is 12.1 Å². The standard InChI is InChI=1S/C10H15N3/c1-2-4-12-10(3-1)9-11-5-6-13-7-8-13/h1-4,11H,5-9H2. The molecule has 1 aliphatic heterocycles. The Morgan fingerprint density at radius 3 is 3.00 bits per heavy atom. The molecule has 2 rings (SSSR count). The van der Waals surface area contributed by atoms with E-state index in [0.29, 0.717) is 0 Å². The maximum Gasteiger partial charge on any atom is 0.0541 e. The van der Waals surface area contributed by atoms with Crippen molar-refractivity contribution in [2.24, 2.45) is 0 Å². The normalized spacial score (nSPS) is 16.0. The number of nitrogens with zero attached hydrogens (tertiary/aromatic N) is 2. The lowest BCUT2D eigenvalue weighted by atomic mass is 10.3. The topological polar surface area (TPSA) is 27.9 Å². The maximum absolute atomic E-state index is 4.23. The molecule has 0 aliphatic carbocycles. The summed E-state index contributed by atoms with van der Waals surface area (Å²) in [6.45, 7) is 5.69. The number of rotatable bonds is 5. The minimum absolute atomic E-state index is 0.884. The van der Waals surface area contributed by atoms with Gasteiger partial charge < -0.3 is 5.32 Å². The van der Waals surface area contributed by atoms with Gasteiger partial charge in [0, 0.05) is 38.9 Å². The lowest BCUT2D eigenvalue weighted by molar-refractivity contribution is 0.519. The summed E-state index contributed by atoms with van der Waals surface area (Å²) in [6, 6.07) is 6.01. The van der Waals surface area contributed by atoms with Crippen LogP contribution in [0.1, 0.15) is 5.69 Å². The van der Waals surface area contributed by atoms with E-state index in [0.717, 1.165) is 18.8 Å². The monoisotopic (exact) mass is 177 g/mol. The highest BCUT2D eigenvalue weighted by Crippen LogP contribution is 2.00. The Kier molecular flexibility index (Phi) is 2.90. The van der Waals surface area contributed by atoms with Crippen LogP contribution in [0.4, 0.5) is 0 Å². The molecule has 0 radical (unpaired) electrons. The molecular formula is C10H15N3. The van der Waals surface area contributed by atoms with Crippen LogP contribution in [-0.2, 0) is 6.54 Å². The van der Waals surface area contributed by atoms with Crippen LogP contribution in [-0.4, -0.2) is 36.1 Å². The maximum atomic E-state index is 4.23. The van der Waals surface area contributed by atoms with Crippen molar-refractivity contribution in [1.29, 1.82) is 0 Å². The zero-order valence-corrected chi connectivity index (χ0v) is 7.74. The fraction of sp³-hybridized carbons (Fsp3) is 0.500. The average molecular weight is 177 g/mol. The highest BCUT2D eigenvalue weighted by Gasteiger charge is 2.15. The third kappa shape index (κ3) is 3.13. The molecule has 1 N–H and O–H groups in total. The first kappa shape index (κ1) is 8.66. The summed E-state index contributed by atoms with van der Waals surface area (Å²) in [5.41, 5.74) is 1.12. The lowest BCUT2D eigenvalue weighted by Crippen LogP contribution is -2.21. The van der Waals surface area contributed by atoms with Crippen LogP contribution < -0.4 is 5.32 Å². The molecule has 3 heteroatoms. The van der Waals surface area contributed by atoms with E-state index in [1.54, 1.807) is 0 Å². The second-order valence-corrected chi connectivity index (χ2v) is 3.34. The van der Waals surface area contributed by atoms with E-state index in [1.807, 2.05) is 24.4 Å². The van der Waals surface area contributed by atoms with E-state index in [9.17, 15) is 0 Å². The zero-order valence-electron chi connectivity index (χ0n) is 7.74. The smallest absolute Gasteiger partial charge is 0.0541 e. The van der Waals surface area contributed by atoms with E-state index in [1.165, 1.54) is 19.6 Å². The van der Waals surface area contributed by atoms with Crippen LogP contribution in [0.2, 0.25) is 0 Å². The first-order valence-corrected chi connectivity index (χ1v) is 4.78. The van der Waals surface area contributed by atoms with Gasteiger partial charge in [0.2, 0.25) is 0 Å². The minimum atomic E-state index is 0.884. The van der Waals surface area contributed by atoms with Crippen molar-refractivity contribution in [3.8, 4) is 0 Å². The van der Waals surface area contributed by atoms with Crippen molar-refractivity contribution in [3.63, 3.8) is 0 Å². The Balaban J connectivity index is 1.61. The van der Waals surface area contributed by atoms with Crippen molar-refractivity contribution < 1.29 is 0 Å². The van der Waals surface area contributed by atoms with E-state index < -0.39 is 0 Å². The summed E-state index contributed by atoms with van der Waals surface area (Å²) in [6.07, 6.45) is 1.83. The second kappa shape index (κ2) is 4.35. The molecule has 1 aromatic heterocycles. The highest BCUT2D eigenvalue weighted by molar-refractivity contribution is 5.02. The van der Waals surface area contributed by atoms with Gasteiger partial charge in [0.15, 0.2) is 0 Å². The van der Waals surface area contributed by atoms with Crippen LogP contribution in [0.15, 0.2) is 24.4 Å². The first-order valence-electron chi connectivity index (χ1n) is 4.78. The summed E-state index contributed by atoms with van der Waals surface area (Å²) in [7, 11) is 0. The third-order valence-electron chi connectivity index (χ3n) is 2.18. The Morgan fingerprint density at radius 1 is 1.38 bits per heavy atom. The molecule has 3 nitrogen and oxygen atoms in total. The molecule has 0 spiro atoms. The van der Waals surface area contributed by atoms with Gasteiger partial charge in [-0.15, -0.1) is 0 Å². The van der Waals surface area contributed by atoms with Crippen molar-refractivity contribution in [1.82, 2.24) is 15.2 Å². The summed E-state index contributed by atoms with van der Waals surface area (Å²) < 4.78 is 0. The summed E-state index contributed by atoms with van der Waals surface area (Å²) in [5.74, 6) is 0. The third-order valence-corrected chi connectivity index (χ3v) is 2.18. The van der Waals surface area contributed by atoms with Crippen LogP contribution in [0.3, 0.4) is 0 Å². The largest absolute Gasteiger partial charge is 0.310 e. The minimum Gasteiger partial charge on any atom is -0.310 e. The lowest BCUT2D eigenvalue weighted by Gasteiger charge is -2.03. The highest BCUT2D eigenvalue weighted by atomic mass is 15.3. The summed E-state index contributed by atoms with van der Waals surface area (Å²) in [5, 5.41) is 3.37. The SMILES string of the molecule is c1ccc(CNCCN2CC2)nc1. The van der Waals surface area contributed by atoms with Crippen LogP contribution in [0, 0.1) is 0 Å². The summed E-state index contributed by atoms with van der Waals surface area (Å²) >= 11 is 0. The number of aromatic nitrogens is 1. The fourth-order valence-corrected chi connectivity index (χ4v) is 1.25. The molecule has 1 fully saturated rings. The molecule has 0 amide bonds. The molecule has 2 heterocycles. The zero-order chi connectivity index (χ0) is 8.93. The average Bonchev–Trinajstić information content (AvgIpc) is 2.98. The quantitative estimate of drug-likeness (QED) is 0.524. The van der Waals surface area contributed by atoms with Crippen molar-refractivity contribution in [3.05, 3.63) is 30.1 Å². The van der Waals surface area contributed by atoms with Crippen molar-refractivity contribution in [2.75, 3.05) is 26.2 Å². The van der Waals surface area contributed by atoms with Crippen LogP contribution in [0.25, 0.3) is 0 Å². The Hall–Kier alpha value is -0.930. The number of hydrogen-bond acceptors (Lipinski definition) is 3. The Bertz CT molecular complexity index is 244. The Labute approximate surface area is 78.8 Å². The predicted octanol–water partition coefficient (Wildman–Crippen LogP) is 0.487. The molecule has 0 saturated carbocycles. The molecule has 0 atom stereocenters. The molecule has 1 saturated heterocycles. The second-order valence-electron chi connectivity index (χ2n) is 3.34. The Morgan fingerprint density at radius 2 is 2.31 bits per heavy atom. The summed E-state index contributed by atoms with van der Waals surface area (Å²) in [4.78, 5) is 6.64. The van der Waals surface area contributed by atoms with Gasteiger partial charge in [0.25, 0.3) is 0 Å². The molecule has 1 aliphatic rings. The van der Waals surface area contributed by atoms with Gasteiger partial charge in [-0.3, -0.25) is 9.88 Å². The first-order chi connectivity index (χ1) is 6.45. The fourth-order valence-electron chi connectivity index (χ4n) is 1.25. The van der Waals surface area contributed by atoms with Crippen LogP contribution >= 0.6 is 0 Å². The van der Waals surface area contributed by atoms with E-state index in [4.69, 9.17) is 0 Å². The van der Waals surface area contributed by atoms with Crippen molar-refractivity contribution >= 4 is 0 Å². The molecule has 0 bridgehead atoms. The van der Waals surface area contributed by atoms with Gasteiger partial charge >= 0.3 is 0 Å². The van der Waals surface area contributed by atoms with Crippen LogP contribution in [0.5, 0.6) is 0 Å². The van der Waals surface area contributed by atoms with Gasteiger partial charge in [0.05, 0.1) is 5.69 Å². The number of pyridine rings is 1. The molecular weight excluding hydrogens is 162 g/mol. The molecule has 1 aromatic rings. The van der Waals surface area contributed by atoms with Gasteiger partial charge in [-0.25, -0.2) is 0 Å². The number of hydrogen-bond donors (Lipinski definition) is 1. The van der Waals surface area contributed by atoms with E-state index >= 15 is 0 Å². The molecule has 70 valence electrons. The van der Waals surface area contributed by atoms with Gasteiger partial charge in [-0.1, -0.05) is 6.07 Å². The predicted molar refractivity (Wildman–Crippen MR) is 52.4 cm³/mol.